The molecule has 0 bridgehead atoms. The molecule has 0 aliphatic carbocycles. The van der Waals surface area contributed by atoms with Crippen molar-refractivity contribution in [3.05, 3.63) is 16.5 Å². The lowest BCUT2D eigenvalue weighted by atomic mass is 10.2. The summed E-state index contributed by atoms with van der Waals surface area (Å²) < 4.78 is 5.18. The van der Waals surface area contributed by atoms with Gasteiger partial charge < -0.3 is 4.74 Å². The molecule has 0 atom stereocenters. The van der Waals surface area contributed by atoms with Gasteiger partial charge >= 0.3 is 0 Å². The third-order valence-corrected chi connectivity index (χ3v) is 2.95. The van der Waals surface area contributed by atoms with Crippen LogP contribution >= 0.6 is 22.9 Å². The van der Waals surface area contributed by atoms with Crippen LogP contribution in [0.25, 0.3) is 0 Å². The number of ether oxygens (including phenoxy) is 1. The molecule has 12 heavy (non-hydrogen) atoms. The first-order chi connectivity index (χ1) is 5.90. The second kappa shape index (κ2) is 3.46. The number of halogens is 1. The highest BCUT2D eigenvalue weighted by molar-refractivity contribution is 7.14. The average Bonchev–Trinajstić information content (AvgIpc) is 2.47. The molecule has 64 valence electrons. The Morgan fingerprint density at radius 3 is 3.33 bits per heavy atom. The molecule has 0 amide bonds. The molecule has 1 aromatic rings. The van der Waals surface area contributed by atoms with Crippen molar-refractivity contribution in [2.45, 2.75) is 6.42 Å². The van der Waals surface area contributed by atoms with Crippen molar-refractivity contribution in [2.24, 2.45) is 4.99 Å². The van der Waals surface area contributed by atoms with Crippen molar-refractivity contribution in [2.75, 3.05) is 12.6 Å². The van der Waals surface area contributed by atoms with Crippen LogP contribution in [-0.4, -0.2) is 18.8 Å². The van der Waals surface area contributed by atoms with E-state index in [2.05, 4.69) is 4.99 Å². The molecule has 0 unspecified atom stereocenters. The highest BCUT2D eigenvalue weighted by Crippen LogP contribution is 2.30. The summed E-state index contributed by atoms with van der Waals surface area (Å²) in [7, 11) is 0. The summed E-state index contributed by atoms with van der Waals surface area (Å²) >= 11 is 7.11. The number of aliphatic imine (C=N–C) groups is 1. The third-order valence-electron chi connectivity index (χ3n) is 1.71. The summed E-state index contributed by atoms with van der Waals surface area (Å²) in [6, 6.07) is 2.21. The van der Waals surface area contributed by atoms with E-state index in [0.717, 1.165) is 18.0 Å². The fraction of sp³-hybridized carbons (Fsp3) is 0.375. The lowest BCUT2D eigenvalue weighted by molar-refractivity contribution is 0.399. The zero-order valence-electron chi connectivity index (χ0n) is 6.42. The smallest absolute Gasteiger partial charge is 0.176 e. The number of hydrogen-bond acceptors (Lipinski definition) is 3. The van der Waals surface area contributed by atoms with Gasteiger partial charge in [0.1, 0.15) is 0 Å². The van der Waals surface area contributed by atoms with Crippen LogP contribution in [0.1, 0.15) is 10.4 Å². The molecule has 0 saturated heterocycles. The van der Waals surface area contributed by atoms with E-state index in [1.807, 2.05) is 12.3 Å². The maximum Gasteiger partial charge on any atom is 0.176 e. The third kappa shape index (κ3) is 1.47. The van der Waals surface area contributed by atoms with Gasteiger partial charge in [-0.2, -0.15) is 0 Å². The first-order valence-corrected chi connectivity index (χ1v) is 5.06. The van der Waals surface area contributed by atoms with Crippen molar-refractivity contribution < 1.29 is 4.74 Å². The molecule has 1 aliphatic heterocycles. The Morgan fingerprint density at radius 2 is 2.58 bits per heavy atom. The topological polar surface area (TPSA) is 21.6 Å². The van der Waals surface area contributed by atoms with E-state index in [4.69, 9.17) is 16.3 Å². The van der Waals surface area contributed by atoms with Gasteiger partial charge in [-0.25, -0.2) is 0 Å². The zero-order chi connectivity index (χ0) is 8.39. The van der Waals surface area contributed by atoms with Crippen LogP contribution in [0, 0.1) is 0 Å². The van der Waals surface area contributed by atoms with Crippen molar-refractivity contribution >= 4 is 29.2 Å². The molecule has 0 fully saturated rings. The molecular formula is C8H8ClNOS. The number of alkyl halides is 1. The normalized spacial score (nSPS) is 14.4. The van der Waals surface area contributed by atoms with Crippen LogP contribution in [0.3, 0.4) is 0 Å². The minimum Gasteiger partial charge on any atom is -0.468 e. The van der Waals surface area contributed by atoms with E-state index in [1.165, 1.54) is 10.4 Å². The highest BCUT2D eigenvalue weighted by Gasteiger charge is 2.10. The number of hydrogen-bond donors (Lipinski definition) is 0. The molecule has 0 radical (unpaired) electrons. The van der Waals surface area contributed by atoms with Crippen LogP contribution in [0.15, 0.2) is 11.1 Å². The fourth-order valence-electron chi connectivity index (χ4n) is 1.18. The lowest BCUT2D eigenvalue weighted by Gasteiger charge is -2.00. The molecule has 0 saturated carbocycles. The van der Waals surface area contributed by atoms with Crippen molar-refractivity contribution in [1.29, 1.82) is 0 Å². The van der Waals surface area contributed by atoms with E-state index in [-0.39, 0.29) is 6.07 Å². The lowest BCUT2D eigenvalue weighted by Crippen LogP contribution is -1.97. The van der Waals surface area contributed by atoms with E-state index in [9.17, 15) is 0 Å². The molecule has 0 spiro atoms. The second-order valence-electron chi connectivity index (χ2n) is 2.48. The van der Waals surface area contributed by atoms with Crippen LogP contribution in [0.2, 0.25) is 0 Å². The van der Waals surface area contributed by atoms with Crippen LogP contribution in [0.4, 0.5) is 0 Å². The van der Waals surface area contributed by atoms with Crippen molar-refractivity contribution in [3.63, 3.8) is 0 Å². The molecule has 2 heterocycles. The predicted molar refractivity (Wildman–Crippen MR) is 51.8 cm³/mol. The van der Waals surface area contributed by atoms with Crippen molar-refractivity contribution in [3.8, 4) is 5.06 Å². The molecule has 0 N–H and O–H groups in total. The quantitative estimate of drug-likeness (QED) is 0.673. The summed E-state index contributed by atoms with van der Waals surface area (Å²) in [5.74, 6) is 0. The maximum absolute atomic E-state index is 5.45. The molecule has 2 nitrogen and oxygen atoms in total. The predicted octanol–water partition coefficient (Wildman–Crippen LogP) is 2.30. The fourth-order valence-corrected chi connectivity index (χ4v) is 2.33. The summed E-state index contributed by atoms with van der Waals surface area (Å²) in [4.78, 5) is 5.54. The average molecular weight is 202 g/mol. The van der Waals surface area contributed by atoms with Crippen LogP contribution in [0.5, 0.6) is 5.06 Å². The van der Waals surface area contributed by atoms with E-state index in [0.29, 0.717) is 0 Å². The maximum atomic E-state index is 5.45. The summed E-state index contributed by atoms with van der Waals surface area (Å²) in [6.07, 6.45) is 2.93. The molecule has 1 aromatic heterocycles. The van der Waals surface area contributed by atoms with Gasteiger partial charge in [-0.05, 0) is 0 Å². The number of nitrogens with zero attached hydrogens (tertiary/aromatic N) is 1. The van der Waals surface area contributed by atoms with E-state index in [1.54, 1.807) is 11.3 Å². The van der Waals surface area contributed by atoms with Gasteiger partial charge in [-0.1, -0.05) is 11.6 Å². The Hall–Kier alpha value is -0.540. The van der Waals surface area contributed by atoms with Gasteiger partial charge in [0.2, 0.25) is 0 Å². The van der Waals surface area contributed by atoms with E-state index < -0.39 is 0 Å². The minimum atomic E-state index is 0.219. The number of rotatable bonds is 2. The first kappa shape index (κ1) is 8.08. The van der Waals surface area contributed by atoms with Gasteiger partial charge in [-0.3, -0.25) is 4.99 Å². The Bertz CT molecular complexity index is 308. The van der Waals surface area contributed by atoms with Gasteiger partial charge in [0.15, 0.2) is 11.1 Å². The zero-order valence-corrected chi connectivity index (χ0v) is 7.99. The first-order valence-electron chi connectivity index (χ1n) is 3.71. The summed E-state index contributed by atoms with van der Waals surface area (Å²) in [6.45, 7) is 0.897. The summed E-state index contributed by atoms with van der Waals surface area (Å²) in [5, 5.41) is 0.892. The van der Waals surface area contributed by atoms with Gasteiger partial charge in [0, 0.05) is 35.7 Å². The van der Waals surface area contributed by atoms with E-state index >= 15 is 0 Å². The molecule has 1 aliphatic rings. The number of thiophene rings is 1. The minimum absolute atomic E-state index is 0.219. The van der Waals surface area contributed by atoms with Gasteiger partial charge in [0.05, 0.1) is 0 Å². The monoisotopic (exact) mass is 201 g/mol. The van der Waals surface area contributed by atoms with Gasteiger partial charge in [0.25, 0.3) is 0 Å². The standard InChI is InChI=1S/C8H8ClNOS/c9-5-11-8-3-6-4-10-2-1-7(6)12-8/h3-4H,1-2,5H2. The molecule has 4 heteroatoms. The Kier molecular flexibility index (Phi) is 2.33. The highest BCUT2D eigenvalue weighted by atomic mass is 35.5. The Balaban J connectivity index is 2.27. The number of fused-ring (bicyclic) bond motifs is 1. The second-order valence-corrected chi connectivity index (χ2v) is 3.80. The van der Waals surface area contributed by atoms with Crippen LogP contribution < -0.4 is 4.74 Å². The Labute approximate surface area is 79.8 Å². The van der Waals surface area contributed by atoms with Crippen LogP contribution in [-0.2, 0) is 6.42 Å². The summed E-state index contributed by atoms with van der Waals surface area (Å²) in [5.41, 5.74) is 1.19. The SMILES string of the molecule is ClCOc1cc2c(s1)CCN=C2. The Morgan fingerprint density at radius 1 is 1.67 bits per heavy atom. The van der Waals surface area contributed by atoms with Gasteiger partial charge in [-0.15, -0.1) is 11.3 Å². The molecule has 2 rings (SSSR count). The molecule has 0 aromatic carbocycles. The largest absolute Gasteiger partial charge is 0.468 e. The van der Waals surface area contributed by atoms with Crippen molar-refractivity contribution in [1.82, 2.24) is 0 Å². The molecular weight excluding hydrogens is 194 g/mol.